The zero-order valence-electron chi connectivity index (χ0n) is 11.6. The van der Waals surface area contributed by atoms with E-state index in [2.05, 4.69) is 5.32 Å². The highest BCUT2D eigenvalue weighted by Crippen LogP contribution is 2.23. The SMILES string of the molecule is N#C/C(=C\c1cccs1)C(=O)Nc1cccc2ccccc12. The van der Waals surface area contributed by atoms with Gasteiger partial charge in [-0.1, -0.05) is 42.5 Å². The van der Waals surface area contributed by atoms with Gasteiger partial charge in [-0.3, -0.25) is 4.79 Å². The number of amides is 1. The average Bonchev–Trinajstić information content (AvgIpc) is 3.06. The summed E-state index contributed by atoms with van der Waals surface area (Å²) in [6, 6.07) is 19.2. The number of carbonyl (C=O) groups excluding carboxylic acids is 1. The number of nitrogens with zero attached hydrogens (tertiary/aromatic N) is 1. The van der Waals surface area contributed by atoms with Crippen molar-refractivity contribution in [3.05, 3.63) is 70.4 Å². The minimum absolute atomic E-state index is 0.0929. The minimum Gasteiger partial charge on any atom is -0.321 e. The van der Waals surface area contributed by atoms with Gasteiger partial charge in [0.25, 0.3) is 5.91 Å². The molecule has 0 fully saturated rings. The second-order valence-corrected chi connectivity index (χ2v) is 5.65. The monoisotopic (exact) mass is 304 g/mol. The molecular formula is C18H12N2OS. The molecular weight excluding hydrogens is 292 g/mol. The first kappa shape index (κ1) is 14.1. The molecule has 1 N–H and O–H groups in total. The summed E-state index contributed by atoms with van der Waals surface area (Å²) in [5.74, 6) is -0.396. The van der Waals surface area contributed by atoms with E-state index in [9.17, 15) is 10.1 Å². The van der Waals surface area contributed by atoms with E-state index < -0.39 is 5.91 Å². The molecule has 3 rings (SSSR count). The maximum atomic E-state index is 12.3. The Kier molecular flexibility index (Phi) is 3.99. The van der Waals surface area contributed by atoms with E-state index in [4.69, 9.17) is 0 Å². The number of fused-ring (bicyclic) bond motifs is 1. The predicted octanol–water partition coefficient (Wildman–Crippen LogP) is 4.45. The smallest absolute Gasteiger partial charge is 0.266 e. The Balaban J connectivity index is 1.91. The Hall–Kier alpha value is -2.90. The number of nitrogens with one attached hydrogen (secondary N) is 1. The number of thiophene rings is 1. The molecule has 0 unspecified atom stereocenters. The third-order valence-corrected chi connectivity index (χ3v) is 4.05. The van der Waals surface area contributed by atoms with E-state index in [1.807, 2.05) is 66.0 Å². The Morgan fingerprint density at radius 3 is 2.68 bits per heavy atom. The molecule has 0 saturated heterocycles. The molecule has 0 aliphatic heterocycles. The summed E-state index contributed by atoms with van der Waals surface area (Å²) in [4.78, 5) is 13.2. The van der Waals surface area contributed by atoms with Crippen molar-refractivity contribution in [2.45, 2.75) is 0 Å². The lowest BCUT2D eigenvalue weighted by atomic mass is 10.1. The fraction of sp³-hybridized carbons (Fsp3) is 0. The molecule has 106 valence electrons. The van der Waals surface area contributed by atoms with Crippen LogP contribution in [0.4, 0.5) is 5.69 Å². The number of benzene rings is 2. The Labute approximate surface area is 132 Å². The van der Waals surface area contributed by atoms with Crippen molar-refractivity contribution in [1.29, 1.82) is 5.26 Å². The van der Waals surface area contributed by atoms with Crippen molar-refractivity contribution >= 4 is 39.8 Å². The highest BCUT2D eigenvalue weighted by molar-refractivity contribution is 7.10. The lowest BCUT2D eigenvalue weighted by Gasteiger charge is -2.08. The van der Waals surface area contributed by atoms with Crippen LogP contribution in [0.5, 0.6) is 0 Å². The van der Waals surface area contributed by atoms with Gasteiger partial charge in [-0.25, -0.2) is 0 Å². The molecule has 0 aliphatic rings. The van der Waals surface area contributed by atoms with Gasteiger partial charge in [-0.05, 0) is 29.0 Å². The molecule has 0 bridgehead atoms. The van der Waals surface area contributed by atoms with Gasteiger partial charge < -0.3 is 5.32 Å². The molecule has 0 aliphatic carbocycles. The van der Waals surface area contributed by atoms with Gasteiger partial charge in [0.15, 0.2) is 0 Å². The van der Waals surface area contributed by atoms with Gasteiger partial charge in [-0.15, -0.1) is 11.3 Å². The maximum absolute atomic E-state index is 12.3. The molecule has 1 heterocycles. The zero-order chi connectivity index (χ0) is 15.4. The number of rotatable bonds is 3. The van der Waals surface area contributed by atoms with Crippen molar-refractivity contribution in [2.75, 3.05) is 5.32 Å². The highest BCUT2D eigenvalue weighted by atomic mass is 32.1. The fourth-order valence-electron chi connectivity index (χ4n) is 2.19. The van der Waals surface area contributed by atoms with E-state index in [1.54, 1.807) is 6.08 Å². The van der Waals surface area contributed by atoms with Gasteiger partial charge >= 0.3 is 0 Å². The first-order chi connectivity index (χ1) is 10.8. The quantitative estimate of drug-likeness (QED) is 0.574. The molecule has 2 aromatic carbocycles. The molecule has 0 atom stereocenters. The molecule has 1 amide bonds. The van der Waals surface area contributed by atoms with Crippen LogP contribution >= 0.6 is 11.3 Å². The van der Waals surface area contributed by atoms with Gasteiger partial charge in [0, 0.05) is 16.0 Å². The van der Waals surface area contributed by atoms with Gasteiger partial charge in [0.1, 0.15) is 11.6 Å². The number of anilines is 1. The van der Waals surface area contributed by atoms with E-state index in [0.29, 0.717) is 5.69 Å². The number of carbonyl (C=O) groups is 1. The topological polar surface area (TPSA) is 52.9 Å². The van der Waals surface area contributed by atoms with E-state index in [-0.39, 0.29) is 5.57 Å². The second kappa shape index (κ2) is 6.25. The lowest BCUT2D eigenvalue weighted by Crippen LogP contribution is -2.13. The van der Waals surface area contributed by atoms with Gasteiger partial charge in [-0.2, -0.15) is 5.26 Å². The van der Waals surface area contributed by atoms with Crippen LogP contribution in [0.3, 0.4) is 0 Å². The van der Waals surface area contributed by atoms with Crippen LogP contribution in [0.25, 0.3) is 16.8 Å². The van der Waals surface area contributed by atoms with Crippen LogP contribution in [0.1, 0.15) is 4.88 Å². The second-order valence-electron chi connectivity index (χ2n) is 4.67. The highest BCUT2D eigenvalue weighted by Gasteiger charge is 2.11. The summed E-state index contributed by atoms with van der Waals surface area (Å²) in [7, 11) is 0. The molecule has 1 aromatic heterocycles. The molecule has 0 radical (unpaired) electrons. The average molecular weight is 304 g/mol. The minimum atomic E-state index is -0.396. The number of hydrogen-bond acceptors (Lipinski definition) is 3. The molecule has 4 heteroatoms. The van der Waals surface area contributed by atoms with Gasteiger partial charge in [0.05, 0.1) is 0 Å². The number of hydrogen-bond donors (Lipinski definition) is 1. The van der Waals surface area contributed by atoms with Crippen LogP contribution < -0.4 is 5.32 Å². The first-order valence-electron chi connectivity index (χ1n) is 6.72. The molecule has 0 saturated carbocycles. The first-order valence-corrected chi connectivity index (χ1v) is 7.60. The summed E-state index contributed by atoms with van der Waals surface area (Å²) in [6.45, 7) is 0. The van der Waals surface area contributed by atoms with Crippen molar-refractivity contribution in [3.63, 3.8) is 0 Å². The van der Waals surface area contributed by atoms with Crippen molar-refractivity contribution in [1.82, 2.24) is 0 Å². The van der Waals surface area contributed by atoms with Crippen LogP contribution in [-0.4, -0.2) is 5.91 Å². The zero-order valence-corrected chi connectivity index (χ0v) is 12.4. The Bertz CT molecular complexity index is 884. The number of nitriles is 1. The largest absolute Gasteiger partial charge is 0.321 e. The van der Waals surface area contributed by atoms with Crippen LogP contribution in [0.15, 0.2) is 65.6 Å². The van der Waals surface area contributed by atoms with Crippen molar-refractivity contribution < 1.29 is 4.79 Å². The summed E-state index contributed by atoms with van der Waals surface area (Å²) in [5, 5.41) is 15.9. The lowest BCUT2D eigenvalue weighted by molar-refractivity contribution is -0.112. The van der Waals surface area contributed by atoms with Crippen LogP contribution in [0.2, 0.25) is 0 Å². The Morgan fingerprint density at radius 2 is 1.91 bits per heavy atom. The van der Waals surface area contributed by atoms with Crippen molar-refractivity contribution in [2.24, 2.45) is 0 Å². The fourth-order valence-corrected chi connectivity index (χ4v) is 2.85. The normalized spacial score (nSPS) is 11.1. The van der Waals surface area contributed by atoms with Gasteiger partial charge in [0.2, 0.25) is 0 Å². The Morgan fingerprint density at radius 1 is 1.09 bits per heavy atom. The molecule has 3 nitrogen and oxygen atoms in total. The van der Waals surface area contributed by atoms with Crippen LogP contribution in [0, 0.1) is 11.3 Å². The van der Waals surface area contributed by atoms with E-state index in [1.165, 1.54) is 11.3 Å². The summed E-state index contributed by atoms with van der Waals surface area (Å²) in [6.07, 6.45) is 1.60. The van der Waals surface area contributed by atoms with Crippen molar-refractivity contribution in [3.8, 4) is 6.07 Å². The summed E-state index contributed by atoms with van der Waals surface area (Å²) < 4.78 is 0. The third kappa shape index (κ3) is 2.90. The maximum Gasteiger partial charge on any atom is 0.266 e. The standard InChI is InChI=1S/C18H12N2OS/c19-12-14(11-15-7-4-10-22-15)18(21)20-17-9-3-6-13-5-1-2-8-16(13)17/h1-11H,(H,20,21)/b14-11+. The molecule has 22 heavy (non-hydrogen) atoms. The molecule has 3 aromatic rings. The summed E-state index contributed by atoms with van der Waals surface area (Å²) in [5.41, 5.74) is 0.797. The van der Waals surface area contributed by atoms with E-state index >= 15 is 0 Å². The summed E-state index contributed by atoms with van der Waals surface area (Å²) >= 11 is 1.49. The third-order valence-electron chi connectivity index (χ3n) is 3.23. The predicted molar refractivity (Wildman–Crippen MR) is 90.5 cm³/mol. The van der Waals surface area contributed by atoms with E-state index in [0.717, 1.165) is 15.6 Å². The van der Waals surface area contributed by atoms with Crippen LogP contribution in [-0.2, 0) is 4.79 Å². The molecule has 0 spiro atoms.